The lowest BCUT2D eigenvalue weighted by molar-refractivity contribution is -0.385. The van der Waals surface area contributed by atoms with E-state index in [-0.39, 0.29) is 50.2 Å². The van der Waals surface area contributed by atoms with Gasteiger partial charge in [-0.05, 0) is 55.3 Å². The zero-order valence-electron chi connectivity index (χ0n) is 22.3. The van der Waals surface area contributed by atoms with E-state index in [0.717, 1.165) is 9.80 Å². The molecule has 4 aromatic rings. The summed E-state index contributed by atoms with van der Waals surface area (Å²) in [6.07, 6.45) is 0. The molecule has 4 aromatic carbocycles. The van der Waals surface area contributed by atoms with Gasteiger partial charge in [-0.25, -0.2) is 9.80 Å². The number of aryl methyl sites for hydroxylation is 2. The quantitative estimate of drug-likeness (QED) is 0.192. The van der Waals surface area contributed by atoms with E-state index in [1.807, 2.05) is 0 Å². The van der Waals surface area contributed by atoms with Crippen LogP contribution in [0.2, 0.25) is 0 Å². The first-order chi connectivity index (χ1) is 19.6. The summed E-state index contributed by atoms with van der Waals surface area (Å²) in [5.74, 6) is -2.23. The average Bonchev–Trinajstić information content (AvgIpc) is 2.96. The van der Waals surface area contributed by atoms with Gasteiger partial charge in [-0.3, -0.25) is 29.3 Å². The summed E-state index contributed by atoms with van der Waals surface area (Å²) >= 11 is 0. The molecule has 11 heteroatoms. The van der Waals surface area contributed by atoms with E-state index in [4.69, 9.17) is 9.47 Å². The van der Waals surface area contributed by atoms with Gasteiger partial charge in [-0.1, -0.05) is 6.07 Å². The molecule has 0 aliphatic carbocycles. The van der Waals surface area contributed by atoms with Crippen molar-refractivity contribution in [3.63, 3.8) is 0 Å². The zero-order valence-corrected chi connectivity index (χ0v) is 22.3. The van der Waals surface area contributed by atoms with Gasteiger partial charge in [0.2, 0.25) is 0 Å². The van der Waals surface area contributed by atoms with E-state index in [2.05, 4.69) is 0 Å². The molecule has 11 nitrogen and oxygen atoms in total. The highest BCUT2D eigenvalue weighted by atomic mass is 16.6. The lowest BCUT2D eigenvalue weighted by Gasteiger charge is -2.32. The highest BCUT2D eigenvalue weighted by molar-refractivity contribution is 6.42. The Balaban J connectivity index is 1.53. The molecule has 41 heavy (non-hydrogen) atoms. The minimum absolute atomic E-state index is 0.114. The molecular weight excluding hydrogens is 530 g/mol. The molecule has 0 spiro atoms. The largest absolute Gasteiger partial charge is 0.497 e. The van der Waals surface area contributed by atoms with E-state index >= 15 is 0 Å². The van der Waals surface area contributed by atoms with Crippen molar-refractivity contribution in [1.29, 1.82) is 0 Å². The third-order valence-corrected chi connectivity index (χ3v) is 7.49. The van der Waals surface area contributed by atoms with Crippen LogP contribution >= 0.6 is 0 Å². The van der Waals surface area contributed by atoms with Crippen LogP contribution in [0.3, 0.4) is 0 Å². The number of imide groups is 2. The van der Waals surface area contributed by atoms with Crippen LogP contribution in [-0.4, -0.2) is 42.8 Å². The van der Waals surface area contributed by atoms with E-state index in [0.29, 0.717) is 22.6 Å². The van der Waals surface area contributed by atoms with Crippen LogP contribution < -0.4 is 19.3 Å². The number of anilines is 2. The van der Waals surface area contributed by atoms with Gasteiger partial charge in [0.05, 0.1) is 30.5 Å². The second-order valence-corrected chi connectivity index (χ2v) is 9.68. The normalized spacial score (nSPS) is 14.1. The number of amides is 4. The van der Waals surface area contributed by atoms with E-state index in [1.54, 1.807) is 32.0 Å². The van der Waals surface area contributed by atoms with Crippen LogP contribution in [0.15, 0.2) is 54.6 Å². The number of benzene rings is 4. The Morgan fingerprint density at radius 1 is 0.634 bits per heavy atom. The maximum atomic E-state index is 13.8. The van der Waals surface area contributed by atoms with Gasteiger partial charge in [0.25, 0.3) is 23.6 Å². The number of carbonyl (C=O) groups excluding carboxylic acids is 4. The second-order valence-electron chi connectivity index (χ2n) is 9.68. The fraction of sp³-hybridized carbons (Fsp3) is 0.133. The number of nitrogens with zero attached hydrogens (tertiary/aromatic N) is 3. The van der Waals surface area contributed by atoms with Crippen LogP contribution in [0, 0.1) is 24.0 Å². The van der Waals surface area contributed by atoms with Crippen molar-refractivity contribution < 1.29 is 33.6 Å². The van der Waals surface area contributed by atoms with Gasteiger partial charge in [-0.15, -0.1) is 0 Å². The monoisotopic (exact) mass is 551 g/mol. The van der Waals surface area contributed by atoms with Crippen LogP contribution in [0.5, 0.6) is 11.5 Å². The maximum Gasteiger partial charge on any atom is 0.311 e. The van der Waals surface area contributed by atoms with Crippen molar-refractivity contribution in [1.82, 2.24) is 0 Å². The molecule has 2 aliphatic heterocycles. The Labute approximate surface area is 232 Å². The highest BCUT2D eigenvalue weighted by Crippen LogP contribution is 2.43. The minimum atomic E-state index is -0.698. The first-order valence-electron chi connectivity index (χ1n) is 12.4. The highest BCUT2D eigenvalue weighted by Gasteiger charge is 2.41. The summed E-state index contributed by atoms with van der Waals surface area (Å²) in [5.41, 5.74) is 1.73. The minimum Gasteiger partial charge on any atom is -0.497 e. The fourth-order valence-corrected chi connectivity index (χ4v) is 5.48. The molecular formula is C30H21N3O8. The van der Waals surface area contributed by atoms with Crippen molar-refractivity contribution in [3.8, 4) is 11.5 Å². The first kappa shape index (κ1) is 25.7. The number of hydrogen-bond donors (Lipinski definition) is 0. The predicted molar refractivity (Wildman–Crippen MR) is 148 cm³/mol. The molecule has 2 heterocycles. The summed E-state index contributed by atoms with van der Waals surface area (Å²) in [7, 11) is 2.74. The Morgan fingerprint density at radius 2 is 1.10 bits per heavy atom. The molecule has 0 unspecified atom stereocenters. The van der Waals surface area contributed by atoms with E-state index < -0.39 is 28.6 Å². The van der Waals surface area contributed by atoms with Crippen molar-refractivity contribution >= 4 is 51.5 Å². The summed E-state index contributed by atoms with van der Waals surface area (Å²) < 4.78 is 10.5. The van der Waals surface area contributed by atoms with Crippen molar-refractivity contribution in [2.75, 3.05) is 24.0 Å². The summed E-state index contributed by atoms with van der Waals surface area (Å²) in [4.78, 5) is 68.0. The number of nitro groups is 1. The van der Waals surface area contributed by atoms with E-state index in [9.17, 15) is 29.3 Å². The van der Waals surface area contributed by atoms with Crippen molar-refractivity contribution in [3.05, 3.63) is 98.1 Å². The summed E-state index contributed by atoms with van der Waals surface area (Å²) in [6, 6.07) is 13.4. The molecule has 0 atom stereocenters. The van der Waals surface area contributed by atoms with Gasteiger partial charge in [0.15, 0.2) is 5.75 Å². The number of nitro benzene ring substituents is 1. The Bertz CT molecular complexity index is 1840. The lowest BCUT2D eigenvalue weighted by Crippen LogP contribution is -2.43. The van der Waals surface area contributed by atoms with Crippen LogP contribution in [0.1, 0.15) is 52.6 Å². The van der Waals surface area contributed by atoms with Gasteiger partial charge >= 0.3 is 5.69 Å². The second kappa shape index (κ2) is 8.98. The van der Waals surface area contributed by atoms with Crippen LogP contribution in [-0.2, 0) is 0 Å². The predicted octanol–water partition coefficient (Wildman–Crippen LogP) is 4.98. The van der Waals surface area contributed by atoms with Gasteiger partial charge in [-0.2, -0.15) is 0 Å². The molecule has 6 rings (SSSR count). The number of hydrogen-bond acceptors (Lipinski definition) is 8. The number of carbonyl (C=O) groups is 4. The molecule has 204 valence electrons. The molecule has 2 aliphatic rings. The molecule has 0 aromatic heterocycles. The Morgan fingerprint density at radius 3 is 1.51 bits per heavy atom. The number of methoxy groups -OCH3 is 2. The Hall–Kier alpha value is -5.58. The Kier molecular flexibility index (Phi) is 5.63. The van der Waals surface area contributed by atoms with Gasteiger partial charge in [0, 0.05) is 51.2 Å². The molecule has 0 N–H and O–H groups in total. The molecule has 4 amide bonds. The topological polar surface area (TPSA) is 136 Å². The fourth-order valence-electron chi connectivity index (χ4n) is 5.48. The van der Waals surface area contributed by atoms with Gasteiger partial charge < -0.3 is 9.47 Å². The third kappa shape index (κ3) is 3.52. The van der Waals surface area contributed by atoms with Crippen molar-refractivity contribution in [2.24, 2.45) is 0 Å². The molecule has 0 bridgehead atoms. The smallest absolute Gasteiger partial charge is 0.311 e. The standard InChI is InChI=1S/C30H21N3O8/c1-14-5-6-16(40-3)12-21(14)31-27(34)17-7-9-19-26-20(10-8-18(25(17)26)28(31)35)30(37)32(29(19)36)22-13-24(41-4)23(33(38)39)11-15(22)2/h5-13H,1-4H3. The summed E-state index contributed by atoms with van der Waals surface area (Å²) in [5, 5.41) is 11.9. The molecule has 0 fully saturated rings. The molecule has 0 saturated carbocycles. The first-order valence-corrected chi connectivity index (χ1v) is 12.4. The lowest BCUT2D eigenvalue weighted by atomic mass is 9.85. The number of rotatable bonds is 5. The molecule has 0 radical (unpaired) electrons. The van der Waals surface area contributed by atoms with Crippen LogP contribution in [0.25, 0.3) is 10.8 Å². The summed E-state index contributed by atoms with van der Waals surface area (Å²) in [6.45, 7) is 3.32. The van der Waals surface area contributed by atoms with Crippen LogP contribution in [0.4, 0.5) is 17.1 Å². The maximum absolute atomic E-state index is 13.8. The van der Waals surface area contributed by atoms with Gasteiger partial charge in [0.1, 0.15) is 5.75 Å². The SMILES string of the molecule is COc1ccc(C)c(N2C(=O)c3ccc4c5c(ccc(c35)C2=O)C(=O)N(c2cc(OC)c([N+](=O)[O-])cc2C)C4=O)c1. The van der Waals surface area contributed by atoms with E-state index in [1.165, 1.54) is 50.6 Å². The average molecular weight is 552 g/mol. The van der Waals surface area contributed by atoms with Crippen molar-refractivity contribution in [2.45, 2.75) is 13.8 Å². The number of ether oxygens (including phenoxy) is 2. The zero-order chi connectivity index (χ0) is 29.3. The molecule has 0 saturated heterocycles. The third-order valence-electron chi connectivity index (χ3n) is 7.49.